The standard InChI is InChI=1S/C18H21N3OS/c1-11(2)19-18-21-17(10-23-18)15-8-5-12(3)14-7-6-13(22-4)9-16(14)20-15/h5-7,9-11H,8H2,1-4H3,(H,19,21). The van der Waals surface area contributed by atoms with Crippen LogP contribution in [-0.2, 0) is 0 Å². The number of ether oxygens (including phenoxy) is 1. The highest BCUT2D eigenvalue weighted by atomic mass is 32.1. The lowest BCUT2D eigenvalue weighted by molar-refractivity contribution is 0.415. The van der Waals surface area contributed by atoms with Crippen LogP contribution in [0.5, 0.6) is 5.75 Å². The Morgan fingerprint density at radius 1 is 1.30 bits per heavy atom. The highest BCUT2D eigenvalue weighted by molar-refractivity contribution is 7.13. The average Bonchev–Trinajstić information content (AvgIpc) is 2.91. The van der Waals surface area contributed by atoms with Crippen LogP contribution in [0.2, 0.25) is 0 Å². The number of aromatic nitrogens is 1. The molecule has 0 atom stereocenters. The summed E-state index contributed by atoms with van der Waals surface area (Å²) in [6, 6.07) is 6.40. The zero-order valence-corrected chi connectivity index (χ0v) is 14.7. The minimum atomic E-state index is 0.372. The van der Waals surface area contributed by atoms with Crippen molar-refractivity contribution in [2.45, 2.75) is 33.2 Å². The van der Waals surface area contributed by atoms with Crippen LogP contribution in [0.3, 0.4) is 0 Å². The molecule has 0 aliphatic carbocycles. The third-order valence-corrected chi connectivity index (χ3v) is 4.47. The lowest BCUT2D eigenvalue weighted by atomic mass is 10.0. The van der Waals surface area contributed by atoms with Gasteiger partial charge < -0.3 is 10.1 Å². The van der Waals surface area contributed by atoms with Gasteiger partial charge in [-0.1, -0.05) is 6.08 Å². The molecule has 0 spiro atoms. The number of methoxy groups -OCH3 is 1. The van der Waals surface area contributed by atoms with Crippen LogP contribution in [0.15, 0.2) is 34.6 Å². The SMILES string of the molecule is COc1ccc2c(c1)N=C(c1csc(NC(C)C)n1)CC=C2C. The van der Waals surface area contributed by atoms with Crippen LogP contribution < -0.4 is 10.1 Å². The smallest absolute Gasteiger partial charge is 0.183 e. The third-order valence-electron chi connectivity index (χ3n) is 3.70. The average molecular weight is 327 g/mol. The second-order valence-electron chi connectivity index (χ2n) is 5.87. The summed E-state index contributed by atoms with van der Waals surface area (Å²) in [6.07, 6.45) is 3.00. The quantitative estimate of drug-likeness (QED) is 0.869. The molecule has 120 valence electrons. The van der Waals surface area contributed by atoms with Crippen LogP contribution in [0.1, 0.15) is 38.4 Å². The van der Waals surface area contributed by atoms with E-state index in [0.29, 0.717) is 6.04 Å². The predicted octanol–water partition coefficient (Wildman–Crippen LogP) is 4.90. The first-order valence-electron chi connectivity index (χ1n) is 7.72. The molecule has 0 bridgehead atoms. The van der Waals surface area contributed by atoms with E-state index in [0.717, 1.165) is 40.0 Å². The molecule has 1 aromatic heterocycles. The molecule has 4 nitrogen and oxygen atoms in total. The molecule has 5 heteroatoms. The van der Waals surface area contributed by atoms with E-state index in [1.54, 1.807) is 18.4 Å². The van der Waals surface area contributed by atoms with Crippen molar-refractivity contribution >= 4 is 33.4 Å². The van der Waals surface area contributed by atoms with Crippen molar-refractivity contribution in [3.8, 4) is 5.75 Å². The number of benzene rings is 1. The molecule has 0 saturated carbocycles. The molecule has 1 N–H and O–H groups in total. The monoisotopic (exact) mass is 327 g/mol. The normalized spacial score (nSPS) is 14.0. The summed E-state index contributed by atoms with van der Waals surface area (Å²) in [5.74, 6) is 0.821. The molecular formula is C18H21N3OS. The zero-order valence-electron chi connectivity index (χ0n) is 13.9. The molecule has 2 aromatic rings. The summed E-state index contributed by atoms with van der Waals surface area (Å²) in [6.45, 7) is 6.34. The van der Waals surface area contributed by atoms with Crippen molar-refractivity contribution < 1.29 is 4.74 Å². The lowest BCUT2D eigenvalue weighted by Gasteiger charge is -2.07. The summed E-state index contributed by atoms with van der Waals surface area (Å²) >= 11 is 1.62. The first-order valence-corrected chi connectivity index (χ1v) is 8.60. The number of fused-ring (bicyclic) bond motifs is 1. The summed E-state index contributed by atoms with van der Waals surface area (Å²) in [5, 5.41) is 6.35. The van der Waals surface area contributed by atoms with Crippen molar-refractivity contribution in [2.24, 2.45) is 4.99 Å². The molecule has 0 unspecified atom stereocenters. The maximum Gasteiger partial charge on any atom is 0.183 e. The first-order chi connectivity index (χ1) is 11.1. The van der Waals surface area contributed by atoms with Gasteiger partial charge >= 0.3 is 0 Å². The van der Waals surface area contributed by atoms with E-state index in [2.05, 4.69) is 48.6 Å². The van der Waals surface area contributed by atoms with Crippen LogP contribution in [0, 0.1) is 0 Å². The van der Waals surface area contributed by atoms with Crippen LogP contribution in [0.4, 0.5) is 10.8 Å². The predicted molar refractivity (Wildman–Crippen MR) is 98.3 cm³/mol. The van der Waals surface area contributed by atoms with Gasteiger partial charge in [-0.25, -0.2) is 4.98 Å². The first kappa shape index (κ1) is 15.7. The van der Waals surface area contributed by atoms with Gasteiger partial charge in [-0.15, -0.1) is 11.3 Å². The maximum absolute atomic E-state index is 5.33. The van der Waals surface area contributed by atoms with E-state index in [-0.39, 0.29) is 0 Å². The second-order valence-corrected chi connectivity index (χ2v) is 6.73. The summed E-state index contributed by atoms with van der Waals surface area (Å²) in [7, 11) is 1.68. The van der Waals surface area contributed by atoms with Crippen LogP contribution >= 0.6 is 11.3 Å². The van der Waals surface area contributed by atoms with Crippen LogP contribution in [0.25, 0.3) is 5.57 Å². The number of nitrogens with zero attached hydrogens (tertiary/aromatic N) is 2. The Kier molecular flexibility index (Phi) is 4.48. The van der Waals surface area contributed by atoms with E-state index in [4.69, 9.17) is 9.73 Å². The number of anilines is 1. The number of hydrogen-bond donors (Lipinski definition) is 1. The van der Waals surface area contributed by atoms with E-state index < -0.39 is 0 Å². The number of thiazole rings is 1. The summed E-state index contributed by atoms with van der Waals surface area (Å²) in [4.78, 5) is 9.53. The largest absolute Gasteiger partial charge is 0.497 e. The Bertz CT molecular complexity index is 774. The van der Waals surface area contributed by atoms with Crippen molar-refractivity contribution in [2.75, 3.05) is 12.4 Å². The molecule has 3 rings (SSSR count). The van der Waals surface area contributed by atoms with Crippen LogP contribution in [-0.4, -0.2) is 23.8 Å². The molecule has 0 fully saturated rings. The second kappa shape index (κ2) is 6.54. The Labute approximate surface area is 140 Å². The molecule has 1 aromatic carbocycles. The fraction of sp³-hybridized carbons (Fsp3) is 0.333. The fourth-order valence-corrected chi connectivity index (χ4v) is 3.36. The number of hydrogen-bond acceptors (Lipinski definition) is 5. The number of allylic oxidation sites excluding steroid dienone is 2. The highest BCUT2D eigenvalue weighted by Gasteiger charge is 2.15. The van der Waals surface area contributed by atoms with E-state index in [1.807, 2.05) is 12.1 Å². The number of rotatable bonds is 4. The van der Waals surface area contributed by atoms with Gasteiger partial charge in [0.1, 0.15) is 5.75 Å². The summed E-state index contributed by atoms with van der Waals surface area (Å²) in [5.41, 5.74) is 5.26. The third kappa shape index (κ3) is 3.45. The van der Waals surface area contributed by atoms with E-state index in [1.165, 1.54) is 5.57 Å². The molecule has 0 radical (unpaired) electrons. The van der Waals surface area contributed by atoms with Crippen molar-refractivity contribution in [3.05, 3.63) is 40.9 Å². The zero-order chi connectivity index (χ0) is 16.4. The van der Waals surface area contributed by atoms with Gasteiger partial charge in [0.05, 0.1) is 24.2 Å². The maximum atomic E-state index is 5.33. The molecule has 1 aliphatic rings. The van der Waals surface area contributed by atoms with E-state index in [9.17, 15) is 0 Å². The lowest BCUT2D eigenvalue weighted by Crippen LogP contribution is -2.09. The molecule has 1 aliphatic heterocycles. The highest BCUT2D eigenvalue weighted by Crippen LogP contribution is 2.34. The minimum absolute atomic E-state index is 0.372. The molecule has 0 amide bonds. The Balaban J connectivity index is 1.99. The number of aliphatic imine (C=N–C) groups is 1. The van der Waals surface area contributed by atoms with Gasteiger partial charge in [-0.05, 0) is 38.5 Å². The fourth-order valence-electron chi connectivity index (χ4n) is 2.50. The minimum Gasteiger partial charge on any atom is -0.497 e. The molecular weight excluding hydrogens is 306 g/mol. The Morgan fingerprint density at radius 3 is 2.87 bits per heavy atom. The van der Waals surface area contributed by atoms with Gasteiger partial charge in [0.2, 0.25) is 0 Å². The molecule has 0 saturated heterocycles. The van der Waals surface area contributed by atoms with Crippen molar-refractivity contribution in [1.29, 1.82) is 0 Å². The van der Waals surface area contributed by atoms with E-state index >= 15 is 0 Å². The van der Waals surface area contributed by atoms with Gasteiger partial charge in [0, 0.05) is 29.5 Å². The van der Waals surface area contributed by atoms with Gasteiger partial charge in [0.25, 0.3) is 0 Å². The Morgan fingerprint density at radius 2 is 2.13 bits per heavy atom. The Hall–Kier alpha value is -2.14. The topological polar surface area (TPSA) is 46.5 Å². The van der Waals surface area contributed by atoms with Gasteiger partial charge in [-0.2, -0.15) is 0 Å². The number of nitrogens with one attached hydrogen (secondary N) is 1. The summed E-state index contributed by atoms with van der Waals surface area (Å²) < 4.78 is 5.33. The van der Waals surface area contributed by atoms with Gasteiger partial charge in [-0.3, -0.25) is 4.99 Å². The van der Waals surface area contributed by atoms with Crippen molar-refractivity contribution in [3.63, 3.8) is 0 Å². The van der Waals surface area contributed by atoms with Crippen molar-refractivity contribution in [1.82, 2.24) is 4.98 Å². The molecule has 2 heterocycles. The molecule has 23 heavy (non-hydrogen) atoms. The van der Waals surface area contributed by atoms with Gasteiger partial charge in [0.15, 0.2) is 5.13 Å².